The predicted octanol–water partition coefficient (Wildman–Crippen LogP) is 2.38. The number of nitrogens with zero attached hydrogens (tertiary/aromatic N) is 2. The first kappa shape index (κ1) is 9.42. The Labute approximate surface area is 79.7 Å². The van der Waals surface area contributed by atoms with Crippen molar-refractivity contribution in [1.29, 1.82) is 0 Å². The summed E-state index contributed by atoms with van der Waals surface area (Å²) in [5.74, 6) is -0.0863. The van der Waals surface area contributed by atoms with Crippen LogP contribution >= 0.6 is 23.2 Å². The van der Waals surface area contributed by atoms with Crippen LogP contribution in [0, 0.1) is 0 Å². The van der Waals surface area contributed by atoms with Gasteiger partial charge in [0, 0.05) is 6.42 Å². The quantitative estimate of drug-likeness (QED) is 0.696. The molecule has 12 heavy (non-hydrogen) atoms. The van der Waals surface area contributed by atoms with Crippen molar-refractivity contribution in [3.8, 4) is 0 Å². The highest BCUT2D eigenvalue weighted by Gasteiger charge is 2.10. The first-order valence-electron chi connectivity index (χ1n) is 3.37. The van der Waals surface area contributed by atoms with E-state index in [1.54, 1.807) is 6.92 Å². The molecule has 1 aromatic heterocycles. The second kappa shape index (κ2) is 3.83. The van der Waals surface area contributed by atoms with Crippen LogP contribution in [-0.2, 0) is 0 Å². The lowest BCUT2D eigenvalue weighted by molar-refractivity contribution is 0.0988. The van der Waals surface area contributed by atoms with Gasteiger partial charge in [0.25, 0.3) is 0 Å². The van der Waals surface area contributed by atoms with Gasteiger partial charge >= 0.3 is 0 Å². The Bertz CT molecular complexity index is 314. The molecule has 0 aliphatic heterocycles. The molecule has 0 bridgehead atoms. The van der Waals surface area contributed by atoms with Crippen molar-refractivity contribution in [2.45, 2.75) is 13.3 Å². The minimum atomic E-state index is -0.0863. The SMILES string of the molecule is CCC(=O)c1cc(Cl)nnc1Cl. The summed E-state index contributed by atoms with van der Waals surface area (Å²) in [6.45, 7) is 1.74. The van der Waals surface area contributed by atoms with Crippen LogP contribution in [0.2, 0.25) is 10.3 Å². The zero-order valence-corrected chi connectivity index (χ0v) is 7.85. The maximum absolute atomic E-state index is 11.2. The van der Waals surface area contributed by atoms with Crippen LogP contribution in [0.15, 0.2) is 6.07 Å². The van der Waals surface area contributed by atoms with E-state index in [9.17, 15) is 4.79 Å². The molecular weight excluding hydrogens is 199 g/mol. The lowest BCUT2D eigenvalue weighted by atomic mass is 10.2. The number of hydrogen-bond acceptors (Lipinski definition) is 3. The van der Waals surface area contributed by atoms with Crippen LogP contribution < -0.4 is 0 Å². The lowest BCUT2D eigenvalue weighted by Gasteiger charge is -1.98. The van der Waals surface area contributed by atoms with Gasteiger partial charge in [0.1, 0.15) is 0 Å². The monoisotopic (exact) mass is 204 g/mol. The molecule has 64 valence electrons. The lowest BCUT2D eigenvalue weighted by Crippen LogP contribution is -2.00. The molecule has 1 aromatic rings. The summed E-state index contributed by atoms with van der Waals surface area (Å²) in [6, 6.07) is 1.42. The van der Waals surface area contributed by atoms with Crippen LogP contribution in [0.1, 0.15) is 23.7 Å². The van der Waals surface area contributed by atoms with Gasteiger partial charge in [-0.05, 0) is 6.07 Å². The van der Waals surface area contributed by atoms with Crippen LogP contribution in [0.25, 0.3) is 0 Å². The second-order valence-electron chi connectivity index (χ2n) is 2.15. The molecule has 1 heterocycles. The highest BCUT2D eigenvalue weighted by atomic mass is 35.5. The molecule has 0 unspecified atom stereocenters. The van der Waals surface area contributed by atoms with E-state index in [1.165, 1.54) is 6.07 Å². The van der Waals surface area contributed by atoms with Crippen LogP contribution in [-0.4, -0.2) is 16.0 Å². The zero-order chi connectivity index (χ0) is 9.14. The average Bonchev–Trinajstić information content (AvgIpc) is 2.08. The molecule has 0 saturated heterocycles. The fraction of sp³-hybridized carbons (Fsp3) is 0.286. The molecule has 0 amide bonds. The van der Waals surface area contributed by atoms with Crippen molar-refractivity contribution < 1.29 is 4.79 Å². The number of carbonyl (C=O) groups is 1. The van der Waals surface area contributed by atoms with Crippen molar-refractivity contribution in [3.63, 3.8) is 0 Å². The maximum atomic E-state index is 11.2. The first-order valence-corrected chi connectivity index (χ1v) is 4.12. The van der Waals surface area contributed by atoms with Crippen LogP contribution in [0.4, 0.5) is 0 Å². The Hall–Kier alpha value is -0.670. The molecule has 1 rings (SSSR count). The van der Waals surface area contributed by atoms with Gasteiger partial charge in [0.2, 0.25) is 0 Å². The Morgan fingerprint density at radius 2 is 2.17 bits per heavy atom. The predicted molar refractivity (Wildman–Crippen MR) is 46.7 cm³/mol. The Morgan fingerprint density at radius 3 is 2.75 bits per heavy atom. The Kier molecular flexibility index (Phi) is 3.00. The van der Waals surface area contributed by atoms with Gasteiger partial charge < -0.3 is 0 Å². The van der Waals surface area contributed by atoms with E-state index in [1.807, 2.05) is 0 Å². The summed E-state index contributed by atoms with van der Waals surface area (Å²) in [7, 11) is 0. The van der Waals surface area contributed by atoms with Gasteiger partial charge in [0.05, 0.1) is 5.56 Å². The molecule has 0 atom stereocenters. The van der Waals surface area contributed by atoms with Gasteiger partial charge in [-0.15, -0.1) is 10.2 Å². The fourth-order valence-electron chi connectivity index (χ4n) is 0.739. The van der Waals surface area contributed by atoms with Crippen LogP contribution in [0.5, 0.6) is 0 Å². The van der Waals surface area contributed by atoms with Crippen molar-refractivity contribution in [1.82, 2.24) is 10.2 Å². The summed E-state index contributed by atoms with van der Waals surface area (Å²) in [6.07, 6.45) is 0.377. The maximum Gasteiger partial charge on any atom is 0.165 e. The molecular formula is C7H6Cl2N2O. The van der Waals surface area contributed by atoms with Gasteiger partial charge in [-0.2, -0.15) is 0 Å². The first-order chi connectivity index (χ1) is 5.65. The molecule has 3 nitrogen and oxygen atoms in total. The van der Waals surface area contributed by atoms with E-state index in [-0.39, 0.29) is 16.1 Å². The second-order valence-corrected chi connectivity index (χ2v) is 2.89. The Morgan fingerprint density at radius 1 is 1.50 bits per heavy atom. The van der Waals surface area contributed by atoms with Gasteiger partial charge in [-0.1, -0.05) is 30.1 Å². The third-order valence-corrected chi connectivity index (χ3v) is 1.80. The highest BCUT2D eigenvalue weighted by molar-refractivity contribution is 6.34. The Balaban J connectivity index is 3.13. The molecule has 0 spiro atoms. The van der Waals surface area contributed by atoms with E-state index in [2.05, 4.69) is 10.2 Å². The minimum absolute atomic E-state index is 0.0863. The van der Waals surface area contributed by atoms with Crippen molar-refractivity contribution in [2.75, 3.05) is 0 Å². The third-order valence-electron chi connectivity index (χ3n) is 1.34. The van der Waals surface area contributed by atoms with Gasteiger partial charge in [0.15, 0.2) is 16.1 Å². The van der Waals surface area contributed by atoms with Crippen LogP contribution in [0.3, 0.4) is 0 Å². The van der Waals surface area contributed by atoms with E-state index in [0.29, 0.717) is 12.0 Å². The minimum Gasteiger partial charge on any atom is -0.294 e. The van der Waals surface area contributed by atoms with Crippen molar-refractivity contribution in [2.24, 2.45) is 0 Å². The zero-order valence-electron chi connectivity index (χ0n) is 6.34. The van der Waals surface area contributed by atoms with Gasteiger partial charge in [-0.3, -0.25) is 4.79 Å². The summed E-state index contributed by atoms with van der Waals surface area (Å²) in [5.41, 5.74) is 0.333. The number of Topliss-reactive ketones (excluding diaryl/α,β-unsaturated/α-hetero) is 1. The van der Waals surface area contributed by atoms with Crippen molar-refractivity contribution in [3.05, 3.63) is 21.9 Å². The van der Waals surface area contributed by atoms with Crippen molar-refractivity contribution >= 4 is 29.0 Å². The average molecular weight is 205 g/mol. The molecule has 0 saturated carbocycles. The van der Waals surface area contributed by atoms with E-state index in [4.69, 9.17) is 23.2 Å². The molecule has 0 aliphatic carbocycles. The fourth-order valence-corrected chi connectivity index (χ4v) is 1.08. The topological polar surface area (TPSA) is 42.9 Å². The molecule has 0 aromatic carbocycles. The van der Waals surface area contributed by atoms with Gasteiger partial charge in [-0.25, -0.2) is 0 Å². The summed E-state index contributed by atoms with van der Waals surface area (Å²) < 4.78 is 0. The number of halogens is 2. The summed E-state index contributed by atoms with van der Waals surface area (Å²) >= 11 is 11.2. The molecule has 5 heteroatoms. The molecule has 0 aliphatic rings. The van der Waals surface area contributed by atoms with E-state index < -0.39 is 0 Å². The van der Waals surface area contributed by atoms with E-state index in [0.717, 1.165) is 0 Å². The largest absolute Gasteiger partial charge is 0.294 e. The standard InChI is InChI=1S/C7H6Cl2N2O/c1-2-5(12)4-3-6(8)10-11-7(4)9/h3H,2H2,1H3. The smallest absolute Gasteiger partial charge is 0.165 e. The number of carbonyl (C=O) groups excluding carboxylic acids is 1. The number of ketones is 1. The number of hydrogen-bond donors (Lipinski definition) is 0. The van der Waals surface area contributed by atoms with E-state index >= 15 is 0 Å². The summed E-state index contributed by atoms with van der Waals surface area (Å²) in [5, 5.41) is 7.28. The summed E-state index contributed by atoms with van der Waals surface area (Å²) in [4.78, 5) is 11.2. The number of aromatic nitrogens is 2. The highest BCUT2D eigenvalue weighted by Crippen LogP contribution is 2.16. The normalized spacial score (nSPS) is 9.92. The molecule has 0 fully saturated rings. The molecule has 0 radical (unpaired) electrons. The molecule has 0 N–H and O–H groups in total. The third kappa shape index (κ3) is 1.93. The number of rotatable bonds is 2.